The number of rotatable bonds is 0. The number of fused-ring (bicyclic) bond motifs is 6. The van der Waals surface area contributed by atoms with Crippen LogP contribution in [0.4, 0.5) is 0 Å². The fourth-order valence-electron chi connectivity index (χ4n) is 8.64. The quantitative estimate of drug-likeness (QED) is 0.166. The molecule has 0 N–H and O–H groups in total. The lowest BCUT2D eigenvalue weighted by molar-refractivity contribution is 0.253. The fourth-order valence-corrected chi connectivity index (χ4v) is 8.64. The molecule has 0 atom stereocenters. The molecule has 4 aliphatic rings. The molecule has 8 aromatic rings. The molecule has 0 radical (unpaired) electrons. The van der Waals surface area contributed by atoms with Crippen LogP contribution < -0.4 is 4.74 Å². The summed E-state index contributed by atoms with van der Waals surface area (Å²) in [5.74, 6) is 5.09. The highest BCUT2D eigenvalue weighted by atomic mass is 16.5. The summed E-state index contributed by atoms with van der Waals surface area (Å²) in [5, 5.41) is 4.81. The molecule has 0 saturated heterocycles. The highest BCUT2D eigenvalue weighted by Crippen LogP contribution is 2.39. The highest BCUT2D eigenvalue weighted by molar-refractivity contribution is 6.10. The highest BCUT2D eigenvalue weighted by Gasteiger charge is 2.22. The van der Waals surface area contributed by atoms with Gasteiger partial charge in [0.1, 0.15) is 23.1 Å². The molecule has 240 valence electrons. The van der Waals surface area contributed by atoms with E-state index in [1.807, 2.05) is 6.20 Å². The summed E-state index contributed by atoms with van der Waals surface area (Å²) in [6, 6.07) is 39.1. The fraction of sp³-hybridized carbons (Fsp3) is 0.227. The monoisotopic (exact) mass is 638 g/mol. The van der Waals surface area contributed by atoms with Crippen molar-refractivity contribution >= 4 is 43.6 Å². The normalized spacial score (nSPS) is 18.1. The molecule has 4 aromatic carbocycles. The van der Waals surface area contributed by atoms with Gasteiger partial charge in [-0.25, -0.2) is 9.97 Å². The second-order valence-corrected chi connectivity index (χ2v) is 14.2. The largest absolute Gasteiger partial charge is 0.457 e. The van der Waals surface area contributed by atoms with Crippen molar-refractivity contribution in [1.29, 1.82) is 0 Å². The van der Waals surface area contributed by atoms with Gasteiger partial charge in [0.15, 0.2) is 0 Å². The molecule has 0 unspecified atom stereocenters. The average Bonchev–Trinajstić information content (AvgIpc) is 3.66. The third kappa shape index (κ3) is 4.99. The van der Waals surface area contributed by atoms with E-state index in [0.29, 0.717) is 0 Å². The lowest BCUT2D eigenvalue weighted by atomic mass is 9.77. The number of nitrogens with zero attached hydrogens (tertiary/aromatic N) is 4. The lowest BCUT2D eigenvalue weighted by Gasteiger charge is -2.28. The van der Waals surface area contributed by atoms with Crippen LogP contribution in [-0.2, 0) is 12.8 Å². The number of pyridine rings is 2. The lowest BCUT2D eigenvalue weighted by Crippen LogP contribution is -2.16. The molecule has 10 bridgehead atoms. The van der Waals surface area contributed by atoms with Crippen LogP contribution in [0.25, 0.3) is 55.2 Å². The molecule has 4 aromatic heterocycles. The molecule has 0 amide bonds. The Kier molecular flexibility index (Phi) is 6.78. The van der Waals surface area contributed by atoms with Gasteiger partial charge in [0.05, 0.1) is 22.1 Å². The van der Waals surface area contributed by atoms with Crippen LogP contribution in [-0.4, -0.2) is 19.1 Å². The first kappa shape index (κ1) is 28.6. The Morgan fingerprint density at radius 1 is 0.469 bits per heavy atom. The first-order valence-electron chi connectivity index (χ1n) is 17.9. The predicted molar refractivity (Wildman–Crippen MR) is 199 cm³/mol. The van der Waals surface area contributed by atoms with Crippen molar-refractivity contribution in [1.82, 2.24) is 19.1 Å². The summed E-state index contributed by atoms with van der Waals surface area (Å²) < 4.78 is 11.3. The topological polar surface area (TPSA) is 44.9 Å². The van der Waals surface area contributed by atoms with Crippen molar-refractivity contribution in [3.63, 3.8) is 0 Å². The molecule has 12 rings (SSSR count). The zero-order valence-corrected chi connectivity index (χ0v) is 27.6. The van der Waals surface area contributed by atoms with Gasteiger partial charge in [0.2, 0.25) is 0 Å². The molecule has 5 nitrogen and oxygen atoms in total. The molecule has 1 saturated carbocycles. The van der Waals surface area contributed by atoms with Crippen molar-refractivity contribution in [3.8, 4) is 23.1 Å². The summed E-state index contributed by atoms with van der Waals surface area (Å²) in [4.78, 5) is 9.97. The van der Waals surface area contributed by atoms with Gasteiger partial charge in [-0.1, -0.05) is 68.1 Å². The van der Waals surface area contributed by atoms with E-state index in [-0.39, 0.29) is 0 Å². The van der Waals surface area contributed by atoms with Crippen LogP contribution in [0.3, 0.4) is 0 Å². The maximum atomic E-state index is 6.68. The van der Waals surface area contributed by atoms with Crippen molar-refractivity contribution in [2.24, 2.45) is 11.8 Å². The van der Waals surface area contributed by atoms with Gasteiger partial charge in [0, 0.05) is 46.1 Å². The maximum Gasteiger partial charge on any atom is 0.137 e. The molecule has 3 aliphatic heterocycles. The Labute approximate surface area is 285 Å². The number of ether oxygens (including phenoxy) is 1. The van der Waals surface area contributed by atoms with Gasteiger partial charge in [-0.15, -0.1) is 0 Å². The van der Waals surface area contributed by atoms with Crippen molar-refractivity contribution < 1.29 is 4.74 Å². The van der Waals surface area contributed by atoms with Gasteiger partial charge in [-0.3, -0.25) is 9.13 Å². The molecular formula is C44H38N4O. The van der Waals surface area contributed by atoms with Gasteiger partial charge in [-0.05, 0) is 103 Å². The molecule has 1 fully saturated rings. The van der Waals surface area contributed by atoms with Crippen LogP contribution >= 0.6 is 0 Å². The summed E-state index contributed by atoms with van der Waals surface area (Å²) in [6.45, 7) is 0. The average molecular weight is 639 g/mol. The van der Waals surface area contributed by atoms with E-state index in [4.69, 9.17) is 14.7 Å². The Hall–Kier alpha value is -5.42. The maximum absolute atomic E-state index is 6.68. The summed E-state index contributed by atoms with van der Waals surface area (Å²) in [6.07, 6.45) is 14.1. The number of benzene rings is 4. The van der Waals surface area contributed by atoms with Gasteiger partial charge < -0.3 is 4.74 Å². The first-order valence-corrected chi connectivity index (χ1v) is 17.9. The van der Waals surface area contributed by atoms with E-state index < -0.39 is 0 Å². The first-order chi connectivity index (χ1) is 24.2. The van der Waals surface area contributed by atoms with Crippen LogP contribution in [0.2, 0.25) is 0 Å². The molecule has 0 spiro atoms. The van der Waals surface area contributed by atoms with E-state index in [1.165, 1.54) is 71.2 Å². The van der Waals surface area contributed by atoms with E-state index in [1.54, 1.807) is 0 Å². The van der Waals surface area contributed by atoms with Crippen molar-refractivity contribution in [2.45, 2.75) is 51.4 Å². The molecule has 49 heavy (non-hydrogen) atoms. The van der Waals surface area contributed by atoms with E-state index in [0.717, 1.165) is 69.9 Å². The van der Waals surface area contributed by atoms with Crippen LogP contribution in [0.5, 0.6) is 11.5 Å². The SMILES string of the molecule is c1ccc2c(c1)c1ccc3cc1n2-c1ccc(cn1)CCC1CCC(CCc2ccnc(c2)-n2c4ccccc4c4ccc(cc42)O3)CC1. The third-order valence-electron chi connectivity index (χ3n) is 11.3. The van der Waals surface area contributed by atoms with Crippen LogP contribution in [0.1, 0.15) is 49.7 Å². The number of para-hydroxylation sites is 2. The number of hydrogen-bond donors (Lipinski definition) is 0. The van der Waals surface area contributed by atoms with Gasteiger partial charge in [0.25, 0.3) is 0 Å². The summed E-state index contributed by atoms with van der Waals surface area (Å²) in [7, 11) is 0. The van der Waals surface area contributed by atoms with Crippen molar-refractivity contribution in [2.75, 3.05) is 0 Å². The number of aryl methyl sites for hydroxylation is 2. The Bertz CT molecular complexity index is 2500. The van der Waals surface area contributed by atoms with E-state index in [9.17, 15) is 0 Å². The Balaban J connectivity index is 1.14. The van der Waals surface area contributed by atoms with Crippen LogP contribution in [0.15, 0.2) is 122 Å². The summed E-state index contributed by atoms with van der Waals surface area (Å²) >= 11 is 0. The third-order valence-corrected chi connectivity index (χ3v) is 11.3. The van der Waals surface area contributed by atoms with Crippen molar-refractivity contribution in [3.05, 3.63) is 133 Å². The number of hydrogen-bond acceptors (Lipinski definition) is 3. The second kappa shape index (κ2) is 11.6. The smallest absolute Gasteiger partial charge is 0.137 e. The minimum absolute atomic E-state index is 0.791. The zero-order valence-electron chi connectivity index (χ0n) is 27.6. The minimum atomic E-state index is 0.791. The molecular weight excluding hydrogens is 601 g/mol. The predicted octanol–water partition coefficient (Wildman–Crippen LogP) is 11.1. The number of aromatic nitrogens is 4. The van der Waals surface area contributed by atoms with Gasteiger partial charge in [-0.2, -0.15) is 0 Å². The zero-order chi connectivity index (χ0) is 32.3. The molecule has 5 heteroatoms. The van der Waals surface area contributed by atoms with Crippen LogP contribution in [0, 0.1) is 11.8 Å². The summed E-state index contributed by atoms with van der Waals surface area (Å²) in [5.41, 5.74) is 7.17. The molecule has 7 heterocycles. The Morgan fingerprint density at radius 2 is 1.04 bits per heavy atom. The Morgan fingerprint density at radius 3 is 1.65 bits per heavy atom. The van der Waals surface area contributed by atoms with E-state index in [2.05, 4.69) is 125 Å². The second-order valence-electron chi connectivity index (χ2n) is 14.2. The molecule has 1 aliphatic carbocycles. The van der Waals surface area contributed by atoms with Gasteiger partial charge >= 0.3 is 0 Å². The minimum Gasteiger partial charge on any atom is -0.457 e. The standard InChI is InChI=1S/C44H38N4O/c1-3-7-39-35(5-1)37-20-18-33-26-41(37)47(39)43-22-17-32(28-46-43)16-14-30-11-9-29(10-12-30)13-15-31-23-24-45-44(25-31)48-40-8-4-2-6-36(40)38-21-19-34(49-33)27-42(38)48/h1-8,17-30H,9-16H2. The van der Waals surface area contributed by atoms with E-state index >= 15 is 0 Å².